The normalized spacial score (nSPS) is 14.0. The van der Waals surface area contributed by atoms with Crippen LogP contribution in [0.25, 0.3) is 10.9 Å². The first kappa shape index (κ1) is 10.8. The van der Waals surface area contributed by atoms with Crippen molar-refractivity contribution in [3.05, 3.63) is 40.2 Å². The summed E-state index contributed by atoms with van der Waals surface area (Å²) in [5.74, 6) is -0.0145. The summed E-state index contributed by atoms with van der Waals surface area (Å²) in [6.07, 6.45) is 2.36. The van der Waals surface area contributed by atoms with Gasteiger partial charge in [-0.3, -0.25) is 9.59 Å². The Hall–Kier alpha value is -2.30. The summed E-state index contributed by atoms with van der Waals surface area (Å²) >= 11 is 0. The average molecular weight is 244 g/mol. The number of para-hydroxylation sites is 1. The first-order chi connectivity index (χ1) is 8.68. The fourth-order valence-electron chi connectivity index (χ4n) is 2.31. The van der Waals surface area contributed by atoms with Crippen LogP contribution >= 0.6 is 0 Å². The number of aryl methyl sites for hydroxylation is 1. The average Bonchev–Trinajstić information content (AvgIpc) is 2.56. The number of hydrogen-bond donors (Lipinski definition) is 1. The minimum atomic E-state index is -0.693. The molecule has 0 unspecified atom stereocenters. The molecule has 0 bridgehead atoms. The third-order valence-corrected chi connectivity index (χ3v) is 3.13. The van der Waals surface area contributed by atoms with Crippen LogP contribution in [0.3, 0.4) is 0 Å². The predicted octanol–water partition coefficient (Wildman–Crippen LogP) is 0.883. The maximum absolute atomic E-state index is 12.2. The minimum Gasteiger partial charge on any atom is -0.491 e. The molecule has 2 aromatic rings. The van der Waals surface area contributed by atoms with Crippen LogP contribution in [-0.2, 0) is 6.54 Å². The molecule has 0 saturated carbocycles. The van der Waals surface area contributed by atoms with Gasteiger partial charge in [0.25, 0.3) is 5.91 Å². The van der Waals surface area contributed by atoms with E-state index in [2.05, 4.69) is 0 Å². The number of rotatable bonds is 1. The van der Waals surface area contributed by atoms with Crippen molar-refractivity contribution in [3.8, 4) is 5.75 Å². The lowest BCUT2D eigenvalue weighted by molar-refractivity contribution is 0.0998. The quantitative estimate of drug-likeness (QED) is 0.809. The molecule has 0 fully saturated rings. The summed E-state index contributed by atoms with van der Waals surface area (Å²) in [5.41, 5.74) is 5.68. The zero-order valence-corrected chi connectivity index (χ0v) is 9.68. The van der Waals surface area contributed by atoms with Crippen LogP contribution in [0, 0.1) is 0 Å². The largest absolute Gasteiger partial charge is 0.491 e. The van der Waals surface area contributed by atoms with Gasteiger partial charge in [0.05, 0.1) is 17.5 Å². The standard InChI is InChI=1S/C13H12N2O3/c14-13(17)9-7-15-5-2-6-18-10-4-1-3-8(11(10)15)12(9)16/h1,3-4,7H,2,5-6H2,(H2,14,17). The van der Waals surface area contributed by atoms with E-state index in [-0.39, 0.29) is 11.0 Å². The number of hydrogen-bond acceptors (Lipinski definition) is 3. The van der Waals surface area contributed by atoms with Crippen molar-refractivity contribution in [1.29, 1.82) is 0 Å². The molecule has 0 atom stereocenters. The molecule has 5 nitrogen and oxygen atoms in total. The second-order valence-corrected chi connectivity index (χ2v) is 4.28. The van der Waals surface area contributed by atoms with Crippen molar-refractivity contribution in [1.82, 2.24) is 4.57 Å². The van der Waals surface area contributed by atoms with Crippen molar-refractivity contribution < 1.29 is 9.53 Å². The molecule has 1 aromatic heterocycles. The van der Waals surface area contributed by atoms with Crippen LogP contribution in [0.15, 0.2) is 29.2 Å². The van der Waals surface area contributed by atoms with Crippen LogP contribution in [0.2, 0.25) is 0 Å². The van der Waals surface area contributed by atoms with Crippen molar-refractivity contribution in [2.24, 2.45) is 5.73 Å². The van der Waals surface area contributed by atoms with E-state index in [0.29, 0.717) is 24.3 Å². The summed E-state index contributed by atoms with van der Waals surface area (Å²) in [6, 6.07) is 5.27. The second kappa shape index (κ2) is 3.87. The first-order valence-electron chi connectivity index (χ1n) is 5.77. The van der Waals surface area contributed by atoms with Crippen LogP contribution < -0.4 is 15.9 Å². The molecule has 0 spiro atoms. The van der Waals surface area contributed by atoms with Gasteiger partial charge in [-0.2, -0.15) is 0 Å². The van der Waals surface area contributed by atoms with Gasteiger partial charge in [-0.25, -0.2) is 0 Å². The van der Waals surface area contributed by atoms with Crippen molar-refractivity contribution in [3.63, 3.8) is 0 Å². The Morgan fingerprint density at radius 1 is 1.39 bits per heavy atom. The first-order valence-corrected chi connectivity index (χ1v) is 5.77. The molecule has 18 heavy (non-hydrogen) atoms. The Morgan fingerprint density at radius 3 is 3.00 bits per heavy atom. The zero-order valence-electron chi connectivity index (χ0n) is 9.68. The monoisotopic (exact) mass is 244 g/mol. The Kier molecular flexibility index (Phi) is 2.33. The predicted molar refractivity (Wildman–Crippen MR) is 66.8 cm³/mol. The number of amides is 1. The molecule has 2 N–H and O–H groups in total. The number of pyridine rings is 1. The van der Waals surface area contributed by atoms with Crippen LogP contribution in [-0.4, -0.2) is 17.1 Å². The molecule has 1 aliphatic rings. The van der Waals surface area contributed by atoms with Crippen molar-refractivity contribution >= 4 is 16.8 Å². The number of ether oxygens (including phenoxy) is 1. The zero-order chi connectivity index (χ0) is 12.7. The highest BCUT2D eigenvalue weighted by Crippen LogP contribution is 2.26. The molecular formula is C13H12N2O3. The van der Waals surface area contributed by atoms with Gasteiger partial charge in [0.15, 0.2) is 0 Å². The highest BCUT2D eigenvalue weighted by Gasteiger charge is 2.17. The van der Waals surface area contributed by atoms with Gasteiger partial charge in [-0.05, 0) is 18.6 Å². The van der Waals surface area contributed by atoms with Gasteiger partial charge in [0.1, 0.15) is 11.3 Å². The maximum Gasteiger partial charge on any atom is 0.254 e. The van der Waals surface area contributed by atoms with Gasteiger partial charge in [-0.15, -0.1) is 0 Å². The number of benzene rings is 1. The Bertz CT molecular complexity index is 703. The highest BCUT2D eigenvalue weighted by molar-refractivity contribution is 5.97. The molecule has 2 heterocycles. The number of nitrogens with two attached hydrogens (primary N) is 1. The van der Waals surface area contributed by atoms with E-state index in [1.54, 1.807) is 12.1 Å². The Balaban J connectivity index is 2.47. The van der Waals surface area contributed by atoms with E-state index in [9.17, 15) is 9.59 Å². The summed E-state index contributed by atoms with van der Waals surface area (Å²) in [6.45, 7) is 1.30. The lowest BCUT2D eigenvalue weighted by atomic mass is 10.1. The lowest BCUT2D eigenvalue weighted by Crippen LogP contribution is -2.24. The smallest absolute Gasteiger partial charge is 0.254 e. The summed E-state index contributed by atoms with van der Waals surface area (Å²) in [4.78, 5) is 23.5. The molecular weight excluding hydrogens is 232 g/mol. The van der Waals surface area contributed by atoms with E-state index in [4.69, 9.17) is 10.5 Å². The van der Waals surface area contributed by atoms with Gasteiger partial charge < -0.3 is 15.0 Å². The molecule has 3 rings (SSSR count). The molecule has 5 heteroatoms. The number of aromatic nitrogens is 1. The highest BCUT2D eigenvalue weighted by atomic mass is 16.5. The SMILES string of the molecule is NC(=O)c1cn2c3c(cccc3c1=O)OCCC2. The van der Waals surface area contributed by atoms with Crippen LogP contribution in [0.1, 0.15) is 16.8 Å². The molecule has 0 saturated heterocycles. The van der Waals surface area contributed by atoms with Gasteiger partial charge in [0, 0.05) is 12.7 Å². The molecule has 0 radical (unpaired) electrons. The third-order valence-electron chi connectivity index (χ3n) is 3.13. The summed E-state index contributed by atoms with van der Waals surface area (Å²) in [5, 5.41) is 0.478. The molecule has 1 amide bonds. The Morgan fingerprint density at radius 2 is 2.22 bits per heavy atom. The second-order valence-electron chi connectivity index (χ2n) is 4.28. The fourth-order valence-corrected chi connectivity index (χ4v) is 2.31. The van der Waals surface area contributed by atoms with Crippen LogP contribution in [0.4, 0.5) is 0 Å². The number of carbonyl (C=O) groups is 1. The maximum atomic E-state index is 12.2. The van der Waals surface area contributed by atoms with E-state index in [1.165, 1.54) is 6.20 Å². The molecule has 1 aliphatic heterocycles. The van der Waals surface area contributed by atoms with E-state index in [0.717, 1.165) is 11.9 Å². The van der Waals surface area contributed by atoms with Gasteiger partial charge in [0.2, 0.25) is 5.43 Å². The molecule has 0 aliphatic carbocycles. The molecule has 1 aromatic carbocycles. The van der Waals surface area contributed by atoms with E-state index in [1.807, 2.05) is 10.6 Å². The summed E-state index contributed by atoms with van der Waals surface area (Å²) in [7, 11) is 0. The topological polar surface area (TPSA) is 74.3 Å². The lowest BCUT2D eigenvalue weighted by Gasteiger charge is -2.11. The van der Waals surface area contributed by atoms with Gasteiger partial charge >= 0.3 is 0 Å². The molecule has 92 valence electrons. The third kappa shape index (κ3) is 1.48. The summed E-state index contributed by atoms with van der Waals surface area (Å²) < 4.78 is 7.47. The minimum absolute atomic E-state index is 0.0292. The number of carbonyl (C=O) groups excluding carboxylic acids is 1. The van der Waals surface area contributed by atoms with Gasteiger partial charge in [-0.1, -0.05) is 6.07 Å². The van der Waals surface area contributed by atoms with Crippen molar-refractivity contribution in [2.45, 2.75) is 13.0 Å². The fraction of sp³-hybridized carbons (Fsp3) is 0.231. The van der Waals surface area contributed by atoms with Crippen molar-refractivity contribution in [2.75, 3.05) is 6.61 Å². The van der Waals surface area contributed by atoms with Crippen LogP contribution in [0.5, 0.6) is 5.75 Å². The Labute approximate surface area is 103 Å². The van der Waals surface area contributed by atoms with E-state index < -0.39 is 5.91 Å². The van der Waals surface area contributed by atoms with E-state index >= 15 is 0 Å². The number of primary amides is 1. The number of nitrogens with zero attached hydrogens (tertiary/aromatic N) is 1.